The Morgan fingerprint density at radius 1 is 1.50 bits per heavy atom. The van der Waals surface area contributed by atoms with E-state index in [-0.39, 0.29) is 0 Å². The quantitative estimate of drug-likeness (QED) is 0.842. The van der Waals surface area contributed by atoms with E-state index < -0.39 is 0 Å². The minimum absolute atomic E-state index is 0.562. The first-order valence-corrected chi connectivity index (χ1v) is 5.58. The summed E-state index contributed by atoms with van der Waals surface area (Å²) >= 11 is 3.36. The first kappa shape index (κ1) is 10.9. The molecule has 1 heterocycles. The Kier molecular flexibility index (Phi) is 3.09. The lowest BCUT2D eigenvalue weighted by Gasteiger charge is -2.07. The normalized spacial score (nSPS) is 10.4. The highest BCUT2D eigenvalue weighted by Gasteiger charge is 2.01. The van der Waals surface area contributed by atoms with Crippen molar-refractivity contribution in [3.8, 4) is 0 Å². The molecular weight excluding hydrogens is 270 g/mol. The molecule has 5 nitrogen and oxygen atoms in total. The van der Waals surface area contributed by atoms with Crippen molar-refractivity contribution in [2.45, 2.75) is 6.54 Å². The van der Waals surface area contributed by atoms with Gasteiger partial charge < -0.3 is 11.1 Å². The number of rotatable bonds is 3. The Morgan fingerprint density at radius 2 is 2.31 bits per heavy atom. The van der Waals surface area contributed by atoms with Gasteiger partial charge in [-0.1, -0.05) is 15.9 Å². The lowest BCUT2D eigenvalue weighted by atomic mass is 10.2. The molecule has 0 fully saturated rings. The third kappa shape index (κ3) is 2.52. The fraction of sp³-hybridized carbons (Fsp3) is 0.200. The maximum absolute atomic E-state index is 5.85. The lowest BCUT2D eigenvalue weighted by molar-refractivity contribution is 0.747. The first-order chi connectivity index (χ1) is 7.65. The van der Waals surface area contributed by atoms with Gasteiger partial charge in [-0.15, -0.1) is 0 Å². The van der Waals surface area contributed by atoms with E-state index in [1.165, 1.54) is 0 Å². The fourth-order valence-electron chi connectivity index (χ4n) is 1.33. The number of aryl methyl sites for hydroxylation is 1. The second kappa shape index (κ2) is 4.52. The van der Waals surface area contributed by atoms with Crippen LogP contribution < -0.4 is 11.1 Å². The van der Waals surface area contributed by atoms with Gasteiger partial charge in [0.15, 0.2) is 5.82 Å². The lowest BCUT2D eigenvalue weighted by Crippen LogP contribution is -2.04. The summed E-state index contributed by atoms with van der Waals surface area (Å²) in [6, 6.07) is 5.71. The highest BCUT2D eigenvalue weighted by molar-refractivity contribution is 9.10. The predicted octanol–water partition coefficient (Wildman–Crippen LogP) is 1.77. The van der Waals surface area contributed by atoms with Crippen molar-refractivity contribution in [3.05, 3.63) is 34.8 Å². The van der Waals surface area contributed by atoms with Crippen LogP contribution in [0.25, 0.3) is 0 Å². The summed E-state index contributed by atoms with van der Waals surface area (Å²) in [4.78, 5) is 4.12. The molecule has 0 amide bonds. The van der Waals surface area contributed by atoms with Crippen LogP contribution in [-0.4, -0.2) is 14.8 Å². The molecule has 16 heavy (non-hydrogen) atoms. The van der Waals surface area contributed by atoms with Crippen molar-refractivity contribution in [3.63, 3.8) is 0 Å². The van der Waals surface area contributed by atoms with Crippen molar-refractivity contribution < 1.29 is 0 Å². The van der Waals surface area contributed by atoms with Crippen LogP contribution >= 0.6 is 15.9 Å². The second-order valence-corrected chi connectivity index (χ2v) is 4.34. The minimum Gasteiger partial charge on any atom is -0.397 e. The van der Waals surface area contributed by atoms with Crippen molar-refractivity contribution in [2.24, 2.45) is 7.05 Å². The van der Waals surface area contributed by atoms with Gasteiger partial charge in [0, 0.05) is 11.5 Å². The summed E-state index contributed by atoms with van der Waals surface area (Å²) < 4.78 is 2.63. The minimum atomic E-state index is 0.562. The molecule has 0 atom stereocenters. The van der Waals surface area contributed by atoms with Gasteiger partial charge in [-0.2, -0.15) is 5.10 Å². The zero-order valence-corrected chi connectivity index (χ0v) is 10.4. The maximum atomic E-state index is 5.85. The summed E-state index contributed by atoms with van der Waals surface area (Å²) in [7, 11) is 1.84. The van der Waals surface area contributed by atoms with Crippen molar-refractivity contribution >= 4 is 27.3 Å². The average molecular weight is 282 g/mol. The van der Waals surface area contributed by atoms with Crippen LogP contribution in [0.5, 0.6) is 0 Å². The summed E-state index contributed by atoms with van der Waals surface area (Å²) in [6.45, 7) is 0.562. The van der Waals surface area contributed by atoms with Gasteiger partial charge in [0.1, 0.15) is 6.33 Å². The highest BCUT2D eigenvalue weighted by atomic mass is 79.9. The van der Waals surface area contributed by atoms with E-state index in [0.29, 0.717) is 12.2 Å². The van der Waals surface area contributed by atoms with Crippen LogP contribution in [0.1, 0.15) is 5.82 Å². The fourth-order valence-corrected chi connectivity index (χ4v) is 1.71. The molecule has 0 radical (unpaired) electrons. The third-order valence-corrected chi connectivity index (χ3v) is 2.59. The monoisotopic (exact) mass is 281 g/mol. The Morgan fingerprint density at radius 3 is 2.94 bits per heavy atom. The van der Waals surface area contributed by atoms with Crippen LogP contribution in [0.2, 0.25) is 0 Å². The van der Waals surface area contributed by atoms with E-state index in [1.54, 1.807) is 11.0 Å². The molecule has 0 aliphatic rings. The molecule has 0 spiro atoms. The molecule has 6 heteroatoms. The Labute approximate surface area is 102 Å². The summed E-state index contributed by atoms with van der Waals surface area (Å²) in [5.74, 6) is 0.741. The van der Waals surface area contributed by atoms with Crippen molar-refractivity contribution in [1.29, 1.82) is 0 Å². The number of hydrogen-bond acceptors (Lipinski definition) is 4. The molecular formula is C10H12BrN5. The van der Waals surface area contributed by atoms with Crippen LogP contribution in [0.3, 0.4) is 0 Å². The molecule has 0 unspecified atom stereocenters. The van der Waals surface area contributed by atoms with Gasteiger partial charge in [0.2, 0.25) is 0 Å². The number of hydrogen-bond donors (Lipinski definition) is 2. The molecule has 2 rings (SSSR count). The number of nitrogens with two attached hydrogens (primary N) is 1. The molecule has 0 saturated heterocycles. The zero-order valence-electron chi connectivity index (χ0n) is 8.81. The molecule has 0 bridgehead atoms. The molecule has 2 aromatic rings. The van der Waals surface area contributed by atoms with Gasteiger partial charge in [0.05, 0.1) is 17.9 Å². The van der Waals surface area contributed by atoms with Crippen LogP contribution in [0, 0.1) is 0 Å². The smallest absolute Gasteiger partial charge is 0.169 e. The van der Waals surface area contributed by atoms with Gasteiger partial charge in [-0.25, -0.2) is 4.98 Å². The highest BCUT2D eigenvalue weighted by Crippen LogP contribution is 2.23. The molecule has 84 valence electrons. The van der Waals surface area contributed by atoms with Gasteiger partial charge in [-0.05, 0) is 18.2 Å². The standard InChI is InChI=1S/C10H12BrN5/c1-16-6-14-10(15-16)5-13-9-3-2-7(11)4-8(9)12/h2-4,6,13H,5,12H2,1H3. The van der Waals surface area contributed by atoms with Crippen LogP contribution in [0.4, 0.5) is 11.4 Å². The Balaban J connectivity index is 2.04. The number of nitrogens with zero attached hydrogens (tertiary/aromatic N) is 3. The van der Waals surface area contributed by atoms with Crippen molar-refractivity contribution in [1.82, 2.24) is 14.8 Å². The average Bonchev–Trinajstić information content (AvgIpc) is 2.63. The van der Waals surface area contributed by atoms with E-state index >= 15 is 0 Å². The van der Waals surface area contributed by atoms with E-state index in [2.05, 4.69) is 31.3 Å². The second-order valence-electron chi connectivity index (χ2n) is 3.42. The number of nitrogen functional groups attached to an aromatic ring is 1. The van der Waals surface area contributed by atoms with Gasteiger partial charge in [0.25, 0.3) is 0 Å². The Hall–Kier alpha value is -1.56. The predicted molar refractivity (Wildman–Crippen MR) is 66.9 cm³/mol. The largest absolute Gasteiger partial charge is 0.397 e. The number of halogens is 1. The number of benzene rings is 1. The maximum Gasteiger partial charge on any atom is 0.169 e. The zero-order chi connectivity index (χ0) is 11.5. The first-order valence-electron chi connectivity index (χ1n) is 4.78. The van der Waals surface area contributed by atoms with E-state index in [1.807, 2.05) is 25.2 Å². The van der Waals surface area contributed by atoms with Crippen LogP contribution in [-0.2, 0) is 13.6 Å². The molecule has 0 aliphatic heterocycles. The summed E-state index contributed by atoms with van der Waals surface area (Å²) in [6.07, 6.45) is 1.67. The molecule has 0 aliphatic carbocycles. The Bertz CT molecular complexity index is 494. The van der Waals surface area contributed by atoms with E-state index in [4.69, 9.17) is 5.73 Å². The number of nitrogens with one attached hydrogen (secondary N) is 1. The third-order valence-electron chi connectivity index (χ3n) is 2.10. The molecule has 1 aromatic heterocycles. The molecule has 3 N–H and O–H groups in total. The van der Waals surface area contributed by atoms with Gasteiger partial charge in [-0.3, -0.25) is 4.68 Å². The molecule has 0 saturated carbocycles. The number of aromatic nitrogens is 3. The molecule has 1 aromatic carbocycles. The summed E-state index contributed by atoms with van der Waals surface area (Å²) in [5.41, 5.74) is 7.44. The topological polar surface area (TPSA) is 68.8 Å². The van der Waals surface area contributed by atoms with E-state index in [0.717, 1.165) is 16.0 Å². The SMILES string of the molecule is Cn1cnc(CNc2ccc(Br)cc2N)n1. The van der Waals surface area contributed by atoms with Crippen molar-refractivity contribution in [2.75, 3.05) is 11.1 Å². The van der Waals surface area contributed by atoms with E-state index in [9.17, 15) is 0 Å². The number of anilines is 2. The van der Waals surface area contributed by atoms with Gasteiger partial charge >= 0.3 is 0 Å². The van der Waals surface area contributed by atoms with Crippen LogP contribution in [0.15, 0.2) is 29.0 Å². The summed E-state index contributed by atoms with van der Waals surface area (Å²) in [5, 5.41) is 7.35.